The molecule has 0 saturated carbocycles. The van der Waals surface area contributed by atoms with Crippen LogP contribution in [0.2, 0.25) is 0 Å². The molecule has 0 spiro atoms. The molecule has 0 aromatic carbocycles. The summed E-state index contributed by atoms with van der Waals surface area (Å²) in [4.78, 5) is 24.2. The van der Waals surface area contributed by atoms with E-state index in [1.54, 1.807) is 18.5 Å². The number of hydrogen-bond acceptors (Lipinski definition) is 7. The third kappa shape index (κ3) is 2.76. The molecule has 0 saturated heterocycles. The second-order valence-electron chi connectivity index (χ2n) is 4.79. The van der Waals surface area contributed by atoms with Crippen LogP contribution in [0, 0.1) is 6.92 Å². The summed E-state index contributed by atoms with van der Waals surface area (Å²) < 4.78 is 6.57. The molecule has 8 nitrogen and oxygen atoms in total. The summed E-state index contributed by atoms with van der Waals surface area (Å²) in [5.74, 6) is 0.886. The minimum Gasteiger partial charge on any atom is -0.332 e. The molecule has 3 heterocycles. The summed E-state index contributed by atoms with van der Waals surface area (Å²) in [5.41, 5.74) is 1.23. The van der Waals surface area contributed by atoms with E-state index in [2.05, 4.69) is 25.2 Å². The molecule has 8 heteroatoms. The second kappa shape index (κ2) is 5.84. The van der Waals surface area contributed by atoms with Gasteiger partial charge in [0.05, 0.1) is 0 Å². The van der Waals surface area contributed by atoms with E-state index >= 15 is 0 Å². The fraction of sp³-hybridized carbons (Fsp3) is 0.286. The molecule has 0 fully saturated rings. The van der Waals surface area contributed by atoms with E-state index in [4.69, 9.17) is 4.52 Å². The topological polar surface area (TPSA) is 99.6 Å². The van der Waals surface area contributed by atoms with E-state index < -0.39 is 0 Å². The van der Waals surface area contributed by atoms with Crippen LogP contribution in [0.15, 0.2) is 33.8 Å². The molecule has 3 aromatic rings. The molecule has 22 heavy (non-hydrogen) atoms. The zero-order valence-corrected chi connectivity index (χ0v) is 12.2. The van der Waals surface area contributed by atoms with E-state index in [9.17, 15) is 4.79 Å². The Balaban J connectivity index is 1.95. The van der Waals surface area contributed by atoms with Gasteiger partial charge in [0.15, 0.2) is 0 Å². The van der Waals surface area contributed by atoms with Gasteiger partial charge in [0, 0.05) is 25.0 Å². The van der Waals surface area contributed by atoms with Crippen molar-refractivity contribution in [1.29, 1.82) is 0 Å². The second-order valence-corrected chi connectivity index (χ2v) is 4.79. The van der Waals surface area contributed by atoms with Crippen molar-refractivity contribution in [2.75, 3.05) is 0 Å². The van der Waals surface area contributed by atoms with Gasteiger partial charge in [-0.1, -0.05) is 12.1 Å². The number of aromatic nitrogens is 6. The van der Waals surface area contributed by atoms with Crippen LogP contribution in [0.1, 0.15) is 18.9 Å². The van der Waals surface area contributed by atoms with Gasteiger partial charge in [-0.3, -0.25) is 4.79 Å². The van der Waals surface area contributed by atoms with Crippen LogP contribution in [0.4, 0.5) is 0 Å². The van der Waals surface area contributed by atoms with Crippen molar-refractivity contribution < 1.29 is 4.52 Å². The maximum atomic E-state index is 11.7. The molecule has 0 N–H and O–H groups in total. The lowest BCUT2D eigenvalue weighted by atomic mass is 10.3. The first-order chi connectivity index (χ1) is 10.7. The van der Waals surface area contributed by atoms with Crippen molar-refractivity contribution in [3.63, 3.8) is 0 Å². The van der Waals surface area contributed by atoms with E-state index in [-0.39, 0.29) is 17.3 Å². The largest absolute Gasteiger partial charge is 0.332 e. The smallest absolute Gasteiger partial charge is 0.278 e. The van der Waals surface area contributed by atoms with Crippen LogP contribution in [0.25, 0.3) is 23.2 Å². The van der Waals surface area contributed by atoms with Crippen LogP contribution in [0.5, 0.6) is 0 Å². The van der Waals surface area contributed by atoms with Crippen LogP contribution in [-0.4, -0.2) is 29.9 Å². The summed E-state index contributed by atoms with van der Waals surface area (Å²) in [7, 11) is 0. The Morgan fingerprint density at radius 3 is 2.68 bits per heavy atom. The fourth-order valence-electron chi connectivity index (χ4n) is 1.86. The van der Waals surface area contributed by atoms with Gasteiger partial charge in [0.2, 0.25) is 11.6 Å². The van der Waals surface area contributed by atoms with Crippen LogP contribution in [0.3, 0.4) is 0 Å². The lowest BCUT2D eigenvalue weighted by Crippen LogP contribution is -2.22. The molecule has 0 aliphatic rings. The van der Waals surface area contributed by atoms with Gasteiger partial charge in [-0.2, -0.15) is 10.1 Å². The maximum absolute atomic E-state index is 11.7. The average Bonchev–Trinajstić information content (AvgIpc) is 3.00. The zero-order valence-electron chi connectivity index (χ0n) is 12.2. The third-order valence-electron chi connectivity index (χ3n) is 2.93. The highest BCUT2D eigenvalue weighted by Gasteiger charge is 2.14. The number of aryl methyl sites for hydroxylation is 2. The first-order valence-electron chi connectivity index (χ1n) is 6.88. The fourth-order valence-corrected chi connectivity index (χ4v) is 1.86. The lowest BCUT2D eigenvalue weighted by molar-refractivity contribution is 0.428. The maximum Gasteiger partial charge on any atom is 0.278 e. The highest BCUT2D eigenvalue weighted by Crippen LogP contribution is 2.17. The van der Waals surface area contributed by atoms with E-state index in [0.29, 0.717) is 18.1 Å². The lowest BCUT2D eigenvalue weighted by Gasteiger charge is -2.02. The Morgan fingerprint density at radius 2 is 1.95 bits per heavy atom. The number of nitrogens with zero attached hydrogens (tertiary/aromatic N) is 6. The molecule has 0 aliphatic heterocycles. The molecule has 0 atom stereocenters. The molecule has 0 amide bonds. The third-order valence-corrected chi connectivity index (χ3v) is 2.93. The van der Waals surface area contributed by atoms with Gasteiger partial charge in [-0.25, -0.2) is 14.6 Å². The van der Waals surface area contributed by atoms with E-state index in [1.807, 2.05) is 13.8 Å². The first kappa shape index (κ1) is 14.1. The van der Waals surface area contributed by atoms with Gasteiger partial charge in [0.1, 0.15) is 5.69 Å². The average molecular weight is 298 g/mol. The van der Waals surface area contributed by atoms with Gasteiger partial charge in [-0.15, -0.1) is 0 Å². The van der Waals surface area contributed by atoms with Crippen molar-refractivity contribution in [2.24, 2.45) is 0 Å². The highest BCUT2D eigenvalue weighted by atomic mass is 16.5. The van der Waals surface area contributed by atoms with Gasteiger partial charge < -0.3 is 4.52 Å². The SMILES string of the molecule is CCCn1nc(-c2nc(-c3ncc(C)cn3)no2)ccc1=O. The van der Waals surface area contributed by atoms with Crippen LogP contribution >= 0.6 is 0 Å². The van der Waals surface area contributed by atoms with Gasteiger partial charge in [0.25, 0.3) is 11.4 Å². The summed E-state index contributed by atoms with van der Waals surface area (Å²) in [6, 6.07) is 2.99. The quantitative estimate of drug-likeness (QED) is 0.719. The van der Waals surface area contributed by atoms with Crippen LogP contribution < -0.4 is 5.56 Å². The summed E-state index contributed by atoms with van der Waals surface area (Å²) in [5, 5.41) is 8.07. The normalized spacial score (nSPS) is 10.8. The summed E-state index contributed by atoms with van der Waals surface area (Å²) in [6.45, 7) is 4.40. The minimum absolute atomic E-state index is 0.160. The van der Waals surface area contributed by atoms with E-state index in [0.717, 1.165) is 12.0 Å². The summed E-state index contributed by atoms with van der Waals surface area (Å²) >= 11 is 0. The standard InChI is InChI=1S/C14H14N6O2/c1-3-6-20-11(21)5-4-10(18-20)14-17-13(19-22-14)12-15-7-9(2)8-16-12/h4-5,7-8H,3,6H2,1-2H3. The Hall–Kier alpha value is -2.90. The molecule has 112 valence electrons. The molecule has 0 bridgehead atoms. The number of rotatable bonds is 4. The molecule has 0 unspecified atom stereocenters. The van der Waals surface area contributed by atoms with Crippen molar-refractivity contribution in [1.82, 2.24) is 29.9 Å². The predicted molar refractivity (Wildman–Crippen MR) is 77.8 cm³/mol. The Labute approximate surface area is 125 Å². The number of hydrogen-bond donors (Lipinski definition) is 0. The Bertz CT molecular complexity index is 837. The Kier molecular flexibility index (Phi) is 3.73. The molecule has 0 radical (unpaired) electrons. The molecule has 3 rings (SSSR count). The van der Waals surface area contributed by atoms with Crippen molar-refractivity contribution in [2.45, 2.75) is 26.8 Å². The molecular weight excluding hydrogens is 284 g/mol. The summed E-state index contributed by atoms with van der Waals surface area (Å²) in [6.07, 6.45) is 4.17. The van der Waals surface area contributed by atoms with Gasteiger partial charge >= 0.3 is 0 Å². The Morgan fingerprint density at radius 1 is 1.18 bits per heavy atom. The van der Waals surface area contributed by atoms with Crippen molar-refractivity contribution in [3.05, 3.63) is 40.4 Å². The van der Waals surface area contributed by atoms with Crippen molar-refractivity contribution in [3.8, 4) is 23.2 Å². The first-order valence-corrected chi connectivity index (χ1v) is 6.88. The molecular formula is C14H14N6O2. The predicted octanol–water partition coefficient (Wildman–Crippen LogP) is 1.47. The molecule has 3 aromatic heterocycles. The zero-order chi connectivity index (χ0) is 15.5. The van der Waals surface area contributed by atoms with Crippen LogP contribution in [-0.2, 0) is 6.54 Å². The molecule has 0 aliphatic carbocycles. The van der Waals surface area contributed by atoms with Crippen molar-refractivity contribution >= 4 is 0 Å². The van der Waals surface area contributed by atoms with E-state index in [1.165, 1.54) is 10.7 Å². The minimum atomic E-state index is -0.160. The monoisotopic (exact) mass is 298 g/mol. The van der Waals surface area contributed by atoms with Gasteiger partial charge in [-0.05, 0) is 25.0 Å². The highest BCUT2D eigenvalue weighted by molar-refractivity contribution is 5.50.